The van der Waals surface area contributed by atoms with E-state index in [1.165, 1.54) is 0 Å². The number of fused-ring (bicyclic) bond motifs is 1. The Labute approximate surface area is 129 Å². The molecule has 0 spiro atoms. The van der Waals surface area contributed by atoms with E-state index in [4.69, 9.17) is 0 Å². The highest BCUT2D eigenvalue weighted by Crippen LogP contribution is 2.19. The van der Waals surface area contributed by atoms with Gasteiger partial charge in [0.15, 0.2) is 0 Å². The summed E-state index contributed by atoms with van der Waals surface area (Å²) in [5, 5.41) is 3.98. The highest BCUT2D eigenvalue weighted by Gasteiger charge is 2.29. The van der Waals surface area contributed by atoms with E-state index < -0.39 is 6.04 Å². The first-order valence-corrected chi connectivity index (χ1v) is 7.70. The number of amides is 1. The second-order valence-corrected chi connectivity index (χ2v) is 5.95. The van der Waals surface area contributed by atoms with E-state index in [0.717, 1.165) is 42.1 Å². The molecule has 1 aliphatic rings. The molecule has 2 atom stereocenters. The maximum Gasteiger partial charge on any atom is 0.237 e. The molecule has 5 nitrogen and oxygen atoms in total. The normalized spacial score (nSPS) is 20.1. The van der Waals surface area contributed by atoms with Crippen molar-refractivity contribution < 1.29 is 9.59 Å². The lowest BCUT2D eigenvalue weighted by atomic mass is 10.1. The van der Waals surface area contributed by atoms with Crippen LogP contribution in [-0.4, -0.2) is 47.8 Å². The summed E-state index contributed by atoms with van der Waals surface area (Å²) in [6.07, 6.45) is 5.14. The summed E-state index contributed by atoms with van der Waals surface area (Å²) in [7, 11) is 1.95. The summed E-state index contributed by atoms with van der Waals surface area (Å²) in [5.41, 5.74) is 2.09. The van der Waals surface area contributed by atoms with Crippen LogP contribution in [0.15, 0.2) is 30.5 Å². The van der Waals surface area contributed by atoms with Crippen LogP contribution in [0, 0.1) is 0 Å². The Morgan fingerprint density at radius 1 is 1.50 bits per heavy atom. The quantitative estimate of drug-likeness (QED) is 0.822. The topological polar surface area (TPSA) is 65.2 Å². The molecule has 0 saturated carbocycles. The van der Waals surface area contributed by atoms with Gasteiger partial charge in [-0.1, -0.05) is 18.2 Å². The Kier molecular flexibility index (Phi) is 4.24. The maximum atomic E-state index is 12.3. The van der Waals surface area contributed by atoms with Crippen LogP contribution in [0.2, 0.25) is 0 Å². The second-order valence-electron chi connectivity index (χ2n) is 5.95. The fraction of sp³-hybridized carbons (Fsp3) is 0.412. The Morgan fingerprint density at radius 2 is 2.32 bits per heavy atom. The minimum absolute atomic E-state index is 0.0445. The van der Waals surface area contributed by atoms with Gasteiger partial charge >= 0.3 is 0 Å². The maximum absolute atomic E-state index is 12.3. The molecular formula is C17H21N3O2. The number of para-hydroxylation sites is 1. The summed E-state index contributed by atoms with van der Waals surface area (Å²) in [4.78, 5) is 28.9. The van der Waals surface area contributed by atoms with E-state index in [-0.39, 0.29) is 11.9 Å². The number of aldehydes is 1. The number of aromatic nitrogens is 1. The molecule has 2 aromatic rings. The molecule has 1 fully saturated rings. The molecule has 3 rings (SSSR count). The summed E-state index contributed by atoms with van der Waals surface area (Å²) in [6.45, 7) is 0.937. The zero-order chi connectivity index (χ0) is 15.5. The van der Waals surface area contributed by atoms with Crippen LogP contribution >= 0.6 is 0 Å². The number of carbonyl (C=O) groups excluding carboxylic acids is 2. The van der Waals surface area contributed by atoms with Gasteiger partial charge in [0.05, 0.1) is 12.1 Å². The van der Waals surface area contributed by atoms with Crippen molar-refractivity contribution in [3.05, 3.63) is 36.0 Å². The van der Waals surface area contributed by atoms with Crippen molar-refractivity contribution >= 4 is 23.1 Å². The van der Waals surface area contributed by atoms with E-state index in [0.29, 0.717) is 6.42 Å². The number of hydrogen-bond donors (Lipinski definition) is 2. The monoisotopic (exact) mass is 299 g/mol. The predicted molar refractivity (Wildman–Crippen MR) is 85.6 cm³/mol. The average molecular weight is 299 g/mol. The van der Waals surface area contributed by atoms with Gasteiger partial charge in [-0.2, -0.15) is 0 Å². The van der Waals surface area contributed by atoms with Crippen molar-refractivity contribution in [3.63, 3.8) is 0 Å². The largest absolute Gasteiger partial charge is 0.361 e. The fourth-order valence-corrected chi connectivity index (χ4v) is 3.19. The Hall–Kier alpha value is -2.14. The number of benzene rings is 1. The molecule has 0 radical (unpaired) electrons. The number of likely N-dealkylation sites (N-methyl/N-ethyl adjacent to an activating group) is 1. The molecular weight excluding hydrogens is 278 g/mol. The minimum atomic E-state index is -0.485. The lowest BCUT2D eigenvalue weighted by molar-refractivity contribution is -0.127. The molecule has 116 valence electrons. The molecule has 2 heterocycles. The summed E-state index contributed by atoms with van der Waals surface area (Å²) < 4.78 is 0. The van der Waals surface area contributed by atoms with Gasteiger partial charge in [0.1, 0.15) is 6.29 Å². The molecule has 22 heavy (non-hydrogen) atoms. The van der Waals surface area contributed by atoms with Crippen molar-refractivity contribution in [1.82, 2.24) is 15.2 Å². The molecule has 1 aromatic carbocycles. The van der Waals surface area contributed by atoms with Crippen LogP contribution in [-0.2, 0) is 16.0 Å². The first-order valence-electron chi connectivity index (χ1n) is 7.70. The van der Waals surface area contributed by atoms with E-state index in [9.17, 15) is 9.59 Å². The van der Waals surface area contributed by atoms with Crippen LogP contribution in [0.25, 0.3) is 10.9 Å². The fourth-order valence-electron chi connectivity index (χ4n) is 3.19. The van der Waals surface area contributed by atoms with Crippen molar-refractivity contribution in [2.75, 3.05) is 13.6 Å². The molecule has 0 aliphatic carbocycles. The van der Waals surface area contributed by atoms with Crippen LogP contribution in [0.1, 0.15) is 18.4 Å². The number of likely N-dealkylation sites (tertiary alicyclic amines) is 1. The standard InChI is InChI=1S/C17H21N3O2/c1-20-8-4-7-16(20)17(22)19-13(11-21)9-12-10-18-15-6-3-2-5-14(12)15/h2-3,5-6,10-11,13,16,18H,4,7-9H2,1H3,(H,19,22)/t13-,16-/m0/s1. The lowest BCUT2D eigenvalue weighted by Crippen LogP contribution is -2.47. The molecule has 5 heteroatoms. The van der Waals surface area contributed by atoms with Crippen molar-refractivity contribution in [3.8, 4) is 0 Å². The van der Waals surface area contributed by atoms with Gasteiger partial charge in [0.25, 0.3) is 0 Å². The van der Waals surface area contributed by atoms with Crippen LogP contribution in [0.3, 0.4) is 0 Å². The zero-order valence-corrected chi connectivity index (χ0v) is 12.7. The third kappa shape index (κ3) is 2.90. The van der Waals surface area contributed by atoms with Crippen molar-refractivity contribution in [2.24, 2.45) is 0 Å². The molecule has 1 amide bonds. The predicted octanol–water partition coefficient (Wildman–Crippen LogP) is 1.49. The molecule has 1 saturated heterocycles. The van der Waals surface area contributed by atoms with Crippen molar-refractivity contribution in [2.45, 2.75) is 31.3 Å². The Balaban J connectivity index is 1.69. The average Bonchev–Trinajstić information content (AvgIpc) is 3.13. The Bertz CT molecular complexity index is 679. The van der Waals surface area contributed by atoms with E-state index in [2.05, 4.69) is 10.3 Å². The van der Waals surface area contributed by atoms with Crippen molar-refractivity contribution in [1.29, 1.82) is 0 Å². The van der Waals surface area contributed by atoms with Gasteiger partial charge < -0.3 is 15.1 Å². The van der Waals surface area contributed by atoms with Gasteiger partial charge in [0.2, 0.25) is 5.91 Å². The molecule has 1 aromatic heterocycles. The molecule has 0 unspecified atom stereocenters. The summed E-state index contributed by atoms with van der Waals surface area (Å²) >= 11 is 0. The SMILES string of the molecule is CN1CCC[C@H]1C(=O)N[C@H](C=O)Cc1c[nH]c2ccccc12. The third-order valence-corrected chi connectivity index (χ3v) is 4.43. The first kappa shape index (κ1) is 14.8. The number of nitrogens with one attached hydrogen (secondary N) is 2. The number of carbonyl (C=O) groups is 2. The number of H-pyrrole nitrogens is 1. The minimum Gasteiger partial charge on any atom is -0.361 e. The van der Waals surface area contributed by atoms with Crippen LogP contribution in [0.5, 0.6) is 0 Å². The zero-order valence-electron chi connectivity index (χ0n) is 12.7. The molecule has 0 bridgehead atoms. The highest BCUT2D eigenvalue weighted by atomic mass is 16.2. The van der Waals surface area contributed by atoms with E-state index in [1.54, 1.807) is 0 Å². The molecule has 1 aliphatic heterocycles. The highest BCUT2D eigenvalue weighted by molar-refractivity contribution is 5.86. The summed E-state index contributed by atoms with van der Waals surface area (Å²) in [6, 6.07) is 7.38. The van der Waals surface area contributed by atoms with Gasteiger partial charge in [0, 0.05) is 23.5 Å². The first-order chi connectivity index (χ1) is 10.7. The smallest absolute Gasteiger partial charge is 0.237 e. The van der Waals surface area contributed by atoms with Gasteiger partial charge in [-0.05, 0) is 38.1 Å². The third-order valence-electron chi connectivity index (χ3n) is 4.43. The Morgan fingerprint density at radius 3 is 3.05 bits per heavy atom. The van der Waals surface area contributed by atoms with E-state index >= 15 is 0 Å². The number of aromatic amines is 1. The van der Waals surface area contributed by atoms with Crippen LogP contribution < -0.4 is 5.32 Å². The number of rotatable bonds is 5. The van der Waals surface area contributed by atoms with Gasteiger partial charge in [-0.25, -0.2) is 0 Å². The van der Waals surface area contributed by atoms with Crippen LogP contribution in [0.4, 0.5) is 0 Å². The lowest BCUT2D eigenvalue weighted by Gasteiger charge is -2.21. The molecule has 2 N–H and O–H groups in total. The second kappa shape index (κ2) is 6.32. The number of nitrogens with zero attached hydrogens (tertiary/aromatic N) is 1. The van der Waals surface area contributed by atoms with Gasteiger partial charge in [-0.15, -0.1) is 0 Å². The van der Waals surface area contributed by atoms with E-state index in [1.807, 2.05) is 42.4 Å². The van der Waals surface area contributed by atoms with Gasteiger partial charge in [-0.3, -0.25) is 9.69 Å². The number of hydrogen-bond acceptors (Lipinski definition) is 3. The summed E-state index contributed by atoms with van der Waals surface area (Å²) in [5.74, 6) is -0.0445.